The maximum atomic E-state index is 10.2. The van der Waals surface area contributed by atoms with Gasteiger partial charge in [0.05, 0.1) is 6.04 Å². The molecule has 0 atom stereocenters. The van der Waals surface area contributed by atoms with Gasteiger partial charge in [-0.15, -0.1) is 0 Å². The van der Waals surface area contributed by atoms with Gasteiger partial charge in [0.25, 0.3) is 0 Å². The van der Waals surface area contributed by atoms with Gasteiger partial charge in [0.2, 0.25) is 6.08 Å². The van der Waals surface area contributed by atoms with Crippen LogP contribution in [0.2, 0.25) is 0 Å². The Balaban J connectivity index is 1.89. The lowest BCUT2D eigenvalue weighted by Crippen LogP contribution is -2.16. The maximum Gasteiger partial charge on any atom is 0.235 e. The molecule has 0 radical (unpaired) electrons. The van der Waals surface area contributed by atoms with E-state index >= 15 is 0 Å². The van der Waals surface area contributed by atoms with Gasteiger partial charge in [-0.05, 0) is 31.6 Å². The number of unbranched alkanes of at least 4 members (excludes halogenated alkanes) is 7. The zero-order chi connectivity index (χ0) is 13.8. The molecule has 0 spiro atoms. The predicted octanol–water partition coefficient (Wildman–Crippen LogP) is 5.41. The Morgan fingerprint density at radius 1 is 0.895 bits per heavy atom. The van der Waals surface area contributed by atoms with Crippen LogP contribution in [-0.2, 0) is 4.79 Å². The number of rotatable bonds is 10. The molecule has 2 nitrogen and oxygen atoms in total. The number of hydrogen-bond acceptors (Lipinski definition) is 2. The van der Waals surface area contributed by atoms with Crippen LogP contribution in [-0.4, -0.2) is 12.1 Å². The number of hydrogen-bond donors (Lipinski definition) is 0. The first-order chi connectivity index (χ1) is 9.36. The summed E-state index contributed by atoms with van der Waals surface area (Å²) in [5, 5.41) is 0. The first kappa shape index (κ1) is 16.4. The van der Waals surface area contributed by atoms with E-state index in [1.54, 1.807) is 6.08 Å². The third kappa shape index (κ3) is 8.21. The summed E-state index contributed by atoms with van der Waals surface area (Å²) in [6.45, 7) is 2.27. The molecule has 0 aliphatic heterocycles. The molecule has 0 heterocycles. The van der Waals surface area contributed by atoms with Crippen LogP contribution in [0.25, 0.3) is 0 Å². The van der Waals surface area contributed by atoms with Gasteiger partial charge in [0.15, 0.2) is 0 Å². The molecule has 0 N–H and O–H groups in total. The minimum atomic E-state index is 0.285. The van der Waals surface area contributed by atoms with Crippen LogP contribution in [0.1, 0.15) is 90.4 Å². The molecular weight excluding hydrogens is 234 g/mol. The van der Waals surface area contributed by atoms with Crippen LogP contribution < -0.4 is 0 Å². The fourth-order valence-corrected chi connectivity index (χ4v) is 3.20. The first-order valence-electron chi connectivity index (χ1n) is 8.43. The van der Waals surface area contributed by atoms with Crippen molar-refractivity contribution < 1.29 is 4.79 Å². The smallest absolute Gasteiger partial charge is 0.211 e. The van der Waals surface area contributed by atoms with Gasteiger partial charge < -0.3 is 0 Å². The van der Waals surface area contributed by atoms with Crippen molar-refractivity contribution in [3.8, 4) is 0 Å². The Kier molecular flexibility index (Phi) is 9.71. The van der Waals surface area contributed by atoms with Crippen LogP contribution >= 0.6 is 0 Å². The van der Waals surface area contributed by atoms with Crippen molar-refractivity contribution in [3.63, 3.8) is 0 Å². The lowest BCUT2D eigenvalue weighted by atomic mass is 9.83. The van der Waals surface area contributed by atoms with Gasteiger partial charge >= 0.3 is 0 Å². The van der Waals surface area contributed by atoms with E-state index < -0.39 is 0 Å². The minimum absolute atomic E-state index is 0.285. The summed E-state index contributed by atoms with van der Waals surface area (Å²) in [6, 6.07) is 0.285. The molecule has 1 aliphatic rings. The van der Waals surface area contributed by atoms with Crippen molar-refractivity contribution in [2.24, 2.45) is 10.9 Å². The topological polar surface area (TPSA) is 29.4 Å². The second-order valence-electron chi connectivity index (χ2n) is 6.16. The summed E-state index contributed by atoms with van der Waals surface area (Å²) < 4.78 is 0. The average molecular weight is 265 g/mol. The first-order valence-corrected chi connectivity index (χ1v) is 8.43. The van der Waals surface area contributed by atoms with Crippen LogP contribution in [0.4, 0.5) is 0 Å². The van der Waals surface area contributed by atoms with E-state index in [1.807, 2.05) is 0 Å². The lowest BCUT2D eigenvalue weighted by Gasteiger charge is -2.25. The largest absolute Gasteiger partial charge is 0.235 e. The Bertz CT molecular complexity index is 250. The molecule has 19 heavy (non-hydrogen) atoms. The highest BCUT2D eigenvalue weighted by atomic mass is 16.1. The molecule has 0 unspecified atom stereocenters. The van der Waals surface area contributed by atoms with E-state index in [2.05, 4.69) is 11.9 Å². The molecule has 110 valence electrons. The molecule has 0 aromatic heterocycles. The Morgan fingerprint density at radius 3 is 2.05 bits per heavy atom. The summed E-state index contributed by atoms with van der Waals surface area (Å²) in [7, 11) is 0. The van der Waals surface area contributed by atoms with Gasteiger partial charge in [0.1, 0.15) is 0 Å². The predicted molar refractivity (Wildman–Crippen MR) is 81.1 cm³/mol. The average Bonchev–Trinajstić information content (AvgIpc) is 2.44. The van der Waals surface area contributed by atoms with Crippen molar-refractivity contribution in [2.45, 2.75) is 96.4 Å². The second kappa shape index (κ2) is 11.2. The van der Waals surface area contributed by atoms with E-state index in [1.165, 1.54) is 70.6 Å². The molecule has 1 fully saturated rings. The van der Waals surface area contributed by atoms with Crippen molar-refractivity contribution in [1.29, 1.82) is 0 Å². The van der Waals surface area contributed by atoms with Crippen molar-refractivity contribution in [3.05, 3.63) is 0 Å². The Labute approximate surface area is 119 Å². The van der Waals surface area contributed by atoms with Crippen molar-refractivity contribution >= 4 is 6.08 Å². The zero-order valence-corrected chi connectivity index (χ0v) is 12.7. The van der Waals surface area contributed by atoms with Gasteiger partial charge in [0, 0.05) is 0 Å². The summed E-state index contributed by atoms with van der Waals surface area (Å²) in [5.74, 6) is 0.901. The Morgan fingerprint density at radius 2 is 1.47 bits per heavy atom. The van der Waals surface area contributed by atoms with Crippen molar-refractivity contribution in [2.75, 3.05) is 0 Å². The molecule has 0 aromatic rings. The number of nitrogens with zero attached hydrogens (tertiary/aromatic N) is 1. The van der Waals surface area contributed by atoms with Crippen molar-refractivity contribution in [1.82, 2.24) is 0 Å². The summed E-state index contributed by atoms with van der Waals surface area (Å²) in [4.78, 5) is 14.1. The van der Waals surface area contributed by atoms with Crippen LogP contribution in [0, 0.1) is 5.92 Å². The van der Waals surface area contributed by atoms with Crippen LogP contribution in [0.3, 0.4) is 0 Å². The standard InChI is InChI=1S/C17H31NO/c1-2-3-4-5-6-7-8-9-10-16-11-13-17(14-12-16)18-15-19/h16-17H,2-14H2,1H3. The van der Waals surface area contributed by atoms with Gasteiger partial charge in [-0.3, -0.25) is 0 Å². The minimum Gasteiger partial charge on any atom is -0.211 e. The quantitative estimate of drug-likeness (QED) is 0.295. The summed E-state index contributed by atoms with van der Waals surface area (Å²) in [5.41, 5.74) is 0. The van der Waals surface area contributed by atoms with E-state index in [0.29, 0.717) is 0 Å². The van der Waals surface area contributed by atoms with E-state index in [9.17, 15) is 4.79 Å². The van der Waals surface area contributed by atoms with Gasteiger partial charge in [-0.2, -0.15) is 0 Å². The van der Waals surface area contributed by atoms with Gasteiger partial charge in [-0.1, -0.05) is 64.7 Å². The number of aliphatic imine (C=N–C) groups is 1. The highest BCUT2D eigenvalue weighted by Gasteiger charge is 2.19. The third-order valence-electron chi connectivity index (χ3n) is 4.52. The molecule has 0 saturated heterocycles. The molecule has 1 rings (SSSR count). The maximum absolute atomic E-state index is 10.2. The molecule has 1 aliphatic carbocycles. The number of carbonyl (C=O) groups excluding carboxylic acids is 1. The normalized spacial score (nSPS) is 23.0. The summed E-state index contributed by atoms with van der Waals surface area (Å²) in [6.07, 6.45) is 19.1. The number of isocyanates is 1. The highest BCUT2D eigenvalue weighted by molar-refractivity contribution is 5.33. The fraction of sp³-hybridized carbons (Fsp3) is 0.941. The van der Waals surface area contributed by atoms with E-state index in [-0.39, 0.29) is 6.04 Å². The molecule has 0 aromatic carbocycles. The van der Waals surface area contributed by atoms with Gasteiger partial charge in [-0.25, -0.2) is 9.79 Å². The molecule has 0 bridgehead atoms. The monoisotopic (exact) mass is 265 g/mol. The zero-order valence-electron chi connectivity index (χ0n) is 12.7. The summed E-state index contributed by atoms with van der Waals surface area (Å²) >= 11 is 0. The lowest BCUT2D eigenvalue weighted by molar-refractivity contribution is 0.303. The van der Waals surface area contributed by atoms with E-state index in [0.717, 1.165) is 18.8 Å². The third-order valence-corrected chi connectivity index (χ3v) is 4.52. The molecule has 0 amide bonds. The highest BCUT2D eigenvalue weighted by Crippen LogP contribution is 2.29. The van der Waals surface area contributed by atoms with Crippen LogP contribution in [0.5, 0.6) is 0 Å². The molecule has 2 heteroatoms. The Hall–Kier alpha value is -0.620. The SMILES string of the molecule is CCCCCCCCCCC1CCC(N=C=O)CC1. The fourth-order valence-electron chi connectivity index (χ4n) is 3.20. The second-order valence-corrected chi connectivity index (χ2v) is 6.16. The molecule has 1 saturated carbocycles. The van der Waals surface area contributed by atoms with Crippen LogP contribution in [0.15, 0.2) is 4.99 Å². The molecular formula is C17H31NO. The van der Waals surface area contributed by atoms with E-state index in [4.69, 9.17) is 0 Å².